The summed E-state index contributed by atoms with van der Waals surface area (Å²) < 4.78 is 26.2. The van der Waals surface area contributed by atoms with Gasteiger partial charge in [-0.15, -0.1) is 5.10 Å². The molecule has 0 saturated carbocycles. The Kier molecular flexibility index (Phi) is 10.1. The summed E-state index contributed by atoms with van der Waals surface area (Å²) >= 11 is 0. The van der Waals surface area contributed by atoms with Crippen molar-refractivity contribution in [3.8, 4) is 34.1 Å². The first-order valence-corrected chi connectivity index (χ1v) is 17.7. The van der Waals surface area contributed by atoms with E-state index in [2.05, 4.69) is 27.3 Å². The Morgan fingerprint density at radius 2 is 1.13 bits per heavy atom. The Hall–Kier alpha value is -6.78. The molecule has 5 aromatic carbocycles. The number of hydrogen-bond acceptors (Lipinski definition) is 9. The molecule has 0 aliphatic rings. The van der Waals surface area contributed by atoms with Crippen LogP contribution in [0.25, 0.3) is 44.6 Å². The zero-order valence-electron chi connectivity index (χ0n) is 29.3. The second-order valence-corrected chi connectivity index (χ2v) is 12.9. The average molecular weight is 717 g/mol. The summed E-state index contributed by atoms with van der Waals surface area (Å²) in [7, 11) is 0. The van der Waals surface area contributed by atoms with Crippen LogP contribution in [-0.4, -0.2) is 39.7 Å². The number of fused-ring (bicyclic) bond motifs is 2. The highest BCUT2D eigenvalue weighted by molar-refractivity contribution is 5.81. The zero-order valence-corrected chi connectivity index (χ0v) is 29.3. The molecule has 0 bridgehead atoms. The molecule has 3 aromatic heterocycles. The summed E-state index contributed by atoms with van der Waals surface area (Å²) in [6.45, 7) is 3.08. The van der Waals surface area contributed by atoms with Crippen molar-refractivity contribution in [3.63, 3.8) is 0 Å². The van der Waals surface area contributed by atoms with E-state index in [9.17, 15) is 9.59 Å². The van der Waals surface area contributed by atoms with Gasteiger partial charge in [-0.25, -0.2) is 4.68 Å². The van der Waals surface area contributed by atoms with E-state index in [0.29, 0.717) is 84.4 Å². The first-order valence-electron chi connectivity index (χ1n) is 17.7. The normalized spacial score (nSPS) is 11.4. The van der Waals surface area contributed by atoms with Crippen LogP contribution in [0.4, 0.5) is 0 Å². The predicted octanol–water partition coefficient (Wildman–Crippen LogP) is 7.99. The highest BCUT2D eigenvalue weighted by Gasteiger charge is 2.13. The maximum Gasteiger partial charge on any atom is 0.193 e. The fraction of sp³-hybridized carbons (Fsp3) is 0.136. The van der Waals surface area contributed by atoms with Crippen LogP contribution in [0.2, 0.25) is 0 Å². The minimum Gasteiger partial charge on any atom is -0.492 e. The van der Waals surface area contributed by atoms with Gasteiger partial charge in [-0.1, -0.05) is 96.2 Å². The highest BCUT2D eigenvalue weighted by atomic mass is 16.5. The van der Waals surface area contributed by atoms with Crippen LogP contribution in [-0.2, 0) is 19.6 Å². The molecule has 10 heteroatoms. The van der Waals surface area contributed by atoms with Crippen LogP contribution in [0.3, 0.4) is 0 Å². The van der Waals surface area contributed by atoms with Crippen LogP contribution < -0.4 is 20.3 Å². The van der Waals surface area contributed by atoms with Crippen molar-refractivity contribution in [1.29, 1.82) is 0 Å². The number of hydrogen-bond donors (Lipinski definition) is 0. The molecule has 0 aliphatic carbocycles. The molecule has 0 atom stereocenters. The van der Waals surface area contributed by atoms with Gasteiger partial charge in [0, 0.05) is 61.2 Å². The Balaban J connectivity index is 0.901. The van der Waals surface area contributed by atoms with Crippen molar-refractivity contribution in [3.05, 3.63) is 177 Å². The fourth-order valence-corrected chi connectivity index (χ4v) is 6.29. The quantitative estimate of drug-likeness (QED) is 0.111. The molecule has 3 heterocycles. The Bertz CT molecular complexity index is 2620. The van der Waals surface area contributed by atoms with Gasteiger partial charge in [-0.2, -0.15) is 0 Å². The Morgan fingerprint density at radius 1 is 0.593 bits per heavy atom. The van der Waals surface area contributed by atoms with Crippen LogP contribution in [0, 0.1) is 0 Å². The largest absolute Gasteiger partial charge is 0.492 e. The fourth-order valence-electron chi connectivity index (χ4n) is 6.29. The average Bonchev–Trinajstić information content (AvgIpc) is 3.65. The number of nitrogens with zero attached hydrogens (tertiary/aromatic N) is 4. The van der Waals surface area contributed by atoms with E-state index in [4.69, 9.17) is 18.3 Å². The number of benzene rings is 5. The number of aromatic nitrogens is 3. The van der Waals surface area contributed by atoms with Crippen molar-refractivity contribution in [2.75, 3.05) is 19.8 Å². The van der Waals surface area contributed by atoms with Gasteiger partial charge in [0.05, 0.1) is 23.0 Å². The van der Waals surface area contributed by atoms with Crippen molar-refractivity contribution in [2.45, 2.75) is 19.6 Å². The van der Waals surface area contributed by atoms with Crippen LogP contribution in [0.5, 0.6) is 11.5 Å². The lowest BCUT2D eigenvalue weighted by atomic mass is 10.1. The second-order valence-electron chi connectivity index (χ2n) is 12.9. The number of ether oxygens (including phenoxy) is 2. The van der Waals surface area contributed by atoms with Gasteiger partial charge in [-0.3, -0.25) is 14.5 Å². The summed E-state index contributed by atoms with van der Waals surface area (Å²) in [5, 5.41) is 9.78. The number of rotatable bonds is 14. The maximum atomic E-state index is 12.8. The van der Waals surface area contributed by atoms with Crippen molar-refractivity contribution in [2.24, 2.45) is 0 Å². The molecule has 268 valence electrons. The first kappa shape index (κ1) is 34.3. The van der Waals surface area contributed by atoms with E-state index in [1.54, 1.807) is 41.1 Å². The van der Waals surface area contributed by atoms with E-state index in [1.807, 2.05) is 85.1 Å². The van der Waals surface area contributed by atoms with Crippen molar-refractivity contribution in [1.82, 2.24) is 19.9 Å². The Morgan fingerprint density at radius 3 is 1.70 bits per heavy atom. The third-order valence-electron chi connectivity index (χ3n) is 9.00. The molecule has 54 heavy (non-hydrogen) atoms. The van der Waals surface area contributed by atoms with Gasteiger partial charge in [0.15, 0.2) is 10.9 Å². The molecule has 0 spiro atoms. The van der Waals surface area contributed by atoms with E-state index >= 15 is 0 Å². The predicted molar refractivity (Wildman–Crippen MR) is 207 cm³/mol. The van der Waals surface area contributed by atoms with Gasteiger partial charge in [-0.05, 0) is 29.8 Å². The zero-order chi connectivity index (χ0) is 36.7. The van der Waals surface area contributed by atoms with Crippen LogP contribution in [0.15, 0.2) is 164 Å². The summed E-state index contributed by atoms with van der Waals surface area (Å²) in [6, 6.07) is 42.9. The molecule has 0 amide bonds. The minimum atomic E-state index is -0.106. The molecule has 8 rings (SSSR count). The summed E-state index contributed by atoms with van der Waals surface area (Å²) in [6.07, 6.45) is 1.92. The molecular weight excluding hydrogens is 681 g/mol. The molecule has 0 aliphatic heterocycles. The SMILES string of the molecule is O=c1cc(-c2ccccc2)oc2cc(OCCN(Cc3ccccc3)Cc3cn(CCOc4ccc5c(=O)cc(-c6ccccc6)oc5c4)nn3)ccc12. The van der Waals surface area contributed by atoms with E-state index in [-0.39, 0.29) is 10.9 Å². The molecule has 0 N–H and O–H groups in total. The van der Waals surface area contributed by atoms with Gasteiger partial charge in [0.25, 0.3) is 0 Å². The summed E-state index contributed by atoms with van der Waals surface area (Å²) in [5.74, 6) is 2.23. The lowest BCUT2D eigenvalue weighted by Gasteiger charge is -2.21. The summed E-state index contributed by atoms with van der Waals surface area (Å²) in [4.78, 5) is 27.8. The molecule has 0 saturated heterocycles. The second kappa shape index (κ2) is 15.9. The summed E-state index contributed by atoms with van der Waals surface area (Å²) in [5.41, 5.74) is 4.39. The molecule has 8 aromatic rings. The van der Waals surface area contributed by atoms with Crippen LogP contribution >= 0.6 is 0 Å². The minimum absolute atomic E-state index is 0.100. The third kappa shape index (κ3) is 8.14. The molecule has 10 nitrogen and oxygen atoms in total. The molecule has 0 radical (unpaired) electrons. The smallest absolute Gasteiger partial charge is 0.193 e. The molecular formula is C44H36N4O6. The maximum absolute atomic E-state index is 12.8. The standard InChI is InChI=1S/C44H36N4O6/c49-39-26-41(32-12-6-2-7-13-32)53-43-24-35(16-18-37(39)43)51-22-20-47(28-31-10-4-1-5-11-31)29-34-30-48(46-45-34)21-23-52-36-17-19-38-40(50)27-42(54-44(38)25-36)33-14-8-3-9-15-33/h1-19,24-27,30H,20-23,28-29H2. The monoisotopic (exact) mass is 716 g/mol. The van der Waals surface area contributed by atoms with Gasteiger partial charge >= 0.3 is 0 Å². The first-order chi connectivity index (χ1) is 26.5. The lowest BCUT2D eigenvalue weighted by Crippen LogP contribution is -2.28. The third-order valence-corrected chi connectivity index (χ3v) is 9.00. The highest BCUT2D eigenvalue weighted by Crippen LogP contribution is 2.26. The lowest BCUT2D eigenvalue weighted by molar-refractivity contribution is 0.194. The van der Waals surface area contributed by atoms with E-state index in [1.165, 1.54) is 17.7 Å². The molecule has 0 unspecified atom stereocenters. The van der Waals surface area contributed by atoms with Gasteiger partial charge in [0.2, 0.25) is 0 Å². The topological polar surface area (TPSA) is 113 Å². The van der Waals surface area contributed by atoms with E-state index < -0.39 is 0 Å². The van der Waals surface area contributed by atoms with Crippen molar-refractivity contribution < 1.29 is 18.3 Å². The van der Waals surface area contributed by atoms with E-state index in [0.717, 1.165) is 16.8 Å². The van der Waals surface area contributed by atoms with Gasteiger partial charge in [0.1, 0.15) is 47.4 Å². The van der Waals surface area contributed by atoms with Crippen LogP contribution in [0.1, 0.15) is 11.3 Å². The van der Waals surface area contributed by atoms with Crippen molar-refractivity contribution >= 4 is 21.9 Å². The Labute approximate surface area is 310 Å². The molecule has 0 fully saturated rings. The van der Waals surface area contributed by atoms with Gasteiger partial charge < -0.3 is 18.3 Å².